The fourth-order valence-electron chi connectivity index (χ4n) is 5.19. The molecule has 40 heavy (non-hydrogen) atoms. The van der Waals surface area contributed by atoms with E-state index in [4.69, 9.17) is 4.74 Å². The van der Waals surface area contributed by atoms with Crippen molar-refractivity contribution in [1.29, 1.82) is 0 Å². The molecule has 2 heterocycles. The summed E-state index contributed by atoms with van der Waals surface area (Å²) < 4.78 is 45.5. The monoisotopic (exact) mass is 554 g/mol. The number of anilines is 3. The van der Waals surface area contributed by atoms with Gasteiger partial charge in [0.25, 0.3) is 5.91 Å². The molecule has 5 rings (SSSR count). The van der Waals surface area contributed by atoms with Gasteiger partial charge in [0, 0.05) is 17.4 Å². The number of benzene rings is 2. The van der Waals surface area contributed by atoms with Crippen molar-refractivity contribution in [1.82, 2.24) is 10.3 Å². The van der Waals surface area contributed by atoms with Crippen molar-refractivity contribution in [3.8, 4) is 11.6 Å². The molecule has 0 bridgehead atoms. The van der Waals surface area contributed by atoms with Crippen LogP contribution in [0.2, 0.25) is 0 Å². The number of rotatable bonds is 7. The minimum absolute atomic E-state index is 0.0755. The lowest BCUT2D eigenvalue weighted by Crippen LogP contribution is -2.44. The van der Waals surface area contributed by atoms with E-state index in [0.717, 1.165) is 37.9 Å². The summed E-state index contributed by atoms with van der Waals surface area (Å²) in [5, 5.41) is 15.6. The zero-order valence-corrected chi connectivity index (χ0v) is 21.6. The summed E-state index contributed by atoms with van der Waals surface area (Å²) in [6, 6.07) is 13.0. The number of para-hydroxylation sites is 2. The average molecular weight is 555 g/mol. The second kappa shape index (κ2) is 11.4. The number of hydrogen-bond donors (Lipinski definition) is 3. The van der Waals surface area contributed by atoms with Gasteiger partial charge in [-0.25, -0.2) is 4.98 Å². The standard InChI is InChI=1S/C29H29F3N4O4/c30-29(31,32)20-16-24-28(33-17-20)40-13-12-36(24)21-9-5-8-19(15-21)26(38)35-23(14-18-6-1-2-7-18)27(39)34-22-10-3-4-11-25(22)37/h3-5,8-11,15-18,23,37H,1-2,6-7,12-14H2,(H,34,39)(H,35,38)/t23-/m0/s1. The third-order valence-electron chi connectivity index (χ3n) is 7.25. The van der Waals surface area contributed by atoms with Gasteiger partial charge in [0.05, 0.1) is 17.8 Å². The van der Waals surface area contributed by atoms with Crippen molar-refractivity contribution in [2.75, 3.05) is 23.4 Å². The molecule has 1 aliphatic carbocycles. The number of nitrogens with one attached hydrogen (secondary N) is 2. The van der Waals surface area contributed by atoms with E-state index in [1.807, 2.05) is 0 Å². The summed E-state index contributed by atoms with van der Waals surface area (Å²) in [6.45, 7) is 0.464. The van der Waals surface area contributed by atoms with Crippen LogP contribution in [0.3, 0.4) is 0 Å². The highest BCUT2D eigenvalue weighted by atomic mass is 19.4. The highest BCUT2D eigenvalue weighted by Gasteiger charge is 2.34. The van der Waals surface area contributed by atoms with Gasteiger partial charge < -0.3 is 25.4 Å². The molecular formula is C29H29F3N4O4. The van der Waals surface area contributed by atoms with E-state index in [0.29, 0.717) is 12.1 Å². The highest BCUT2D eigenvalue weighted by molar-refractivity contribution is 6.02. The van der Waals surface area contributed by atoms with Crippen LogP contribution in [0.15, 0.2) is 60.8 Å². The first-order valence-corrected chi connectivity index (χ1v) is 13.2. The van der Waals surface area contributed by atoms with Crippen molar-refractivity contribution in [2.45, 2.75) is 44.3 Å². The number of nitrogens with zero attached hydrogens (tertiary/aromatic N) is 2. The van der Waals surface area contributed by atoms with E-state index >= 15 is 0 Å². The number of aromatic nitrogens is 1. The summed E-state index contributed by atoms with van der Waals surface area (Å²) in [4.78, 5) is 32.1. The van der Waals surface area contributed by atoms with Crippen molar-refractivity contribution in [3.63, 3.8) is 0 Å². The van der Waals surface area contributed by atoms with Gasteiger partial charge in [-0.15, -0.1) is 0 Å². The summed E-state index contributed by atoms with van der Waals surface area (Å²) in [7, 11) is 0. The molecular weight excluding hydrogens is 525 g/mol. The average Bonchev–Trinajstić information content (AvgIpc) is 3.46. The predicted octanol–water partition coefficient (Wildman–Crippen LogP) is 5.65. The van der Waals surface area contributed by atoms with Crippen LogP contribution in [0.25, 0.3) is 0 Å². The third kappa shape index (κ3) is 6.13. The molecule has 0 saturated heterocycles. The number of aromatic hydroxyl groups is 1. The van der Waals surface area contributed by atoms with Crippen LogP contribution in [0.5, 0.6) is 11.6 Å². The number of carbonyl (C=O) groups excluding carboxylic acids is 2. The number of phenolic OH excluding ortho intramolecular Hbond substituents is 1. The Bertz CT molecular complexity index is 1390. The quantitative estimate of drug-likeness (QED) is 0.326. The van der Waals surface area contributed by atoms with Crippen LogP contribution in [-0.2, 0) is 11.0 Å². The number of carbonyl (C=O) groups is 2. The van der Waals surface area contributed by atoms with Gasteiger partial charge in [-0.2, -0.15) is 13.2 Å². The zero-order chi connectivity index (χ0) is 28.3. The number of alkyl halides is 3. The van der Waals surface area contributed by atoms with E-state index in [2.05, 4.69) is 15.6 Å². The summed E-state index contributed by atoms with van der Waals surface area (Å²) in [5.74, 6) is -0.652. The fraction of sp³-hybridized carbons (Fsp3) is 0.345. The molecule has 11 heteroatoms. The summed E-state index contributed by atoms with van der Waals surface area (Å²) in [6.07, 6.45) is 0.690. The van der Waals surface area contributed by atoms with Gasteiger partial charge in [0.2, 0.25) is 11.8 Å². The van der Waals surface area contributed by atoms with E-state index in [1.54, 1.807) is 47.4 Å². The number of hydrogen-bond acceptors (Lipinski definition) is 6. The van der Waals surface area contributed by atoms with E-state index in [1.165, 1.54) is 6.07 Å². The lowest BCUT2D eigenvalue weighted by Gasteiger charge is -2.31. The Labute approximate surface area is 229 Å². The Morgan fingerprint density at radius 3 is 2.62 bits per heavy atom. The molecule has 0 unspecified atom stereocenters. The number of ether oxygens (including phenoxy) is 1. The maximum Gasteiger partial charge on any atom is 0.417 e. The van der Waals surface area contributed by atoms with Gasteiger partial charge in [-0.05, 0) is 48.7 Å². The molecule has 3 aromatic rings. The lowest BCUT2D eigenvalue weighted by atomic mass is 9.97. The summed E-state index contributed by atoms with van der Waals surface area (Å²) >= 11 is 0. The van der Waals surface area contributed by atoms with Crippen molar-refractivity contribution in [3.05, 3.63) is 71.9 Å². The van der Waals surface area contributed by atoms with Crippen LogP contribution in [0, 0.1) is 5.92 Å². The van der Waals surface area contributed by atoms with Crippen LogP contribution in [0.4, 0.5) is 30.2 Å². The lowest BCUT2D eigenvalue weighted by molar-refractivity contribution is -0.137. The van der Waals surface area contributed by atoms with E-state index in [-0.39, 0.29) is 47.6 Å². The Morgan fingerprint density at radius 1 is 1.10 bits per heavy atom. The molecule has 2 aromatic carbocycles. The number of halogens is 3. The molecule has 1 aromatic heterocycles. The van der Waals surface area contributed by atoms with Crippen molar-refractivity contribution in [2.24, 2.45) is 5.92 Å². The predicted molar refractivity (Wildman–Crippen MR) is 143 cm³/mol. The first kappa shape index (κ1) is 27.3. The number of phenols is 1. The minimum atomic E-state index is -4.57. The van der Waals surface area contributed by atoms with Crippen LogP contribution < -0.4 is 20.3 Å². The first-order chi connectivity index (χ1) is 19.2. The SMILES string of the molecule is O=C(N[C@@H](CC1CCCC1)C(=O)Nc1ccccc1O)c1cccc(N2CCOc3ncc(C(F)(F)F)cc32)c1. The first-order valence-electron chi connectivity index (χ1n) is 13.2. The molecule has 1 atom stereocenters. The van der Waals surface area contributed by atoms with Crippen LogP contribution >= 0.6 is 0 Å². The zero-order valence-electron chi connectivity index (χ0n) is 21.6. The highest BCUT2D eigenvalue weighted by Crippen LogP contribution is 2.39. The molecule has 2 aliphatic rings. The van der Waals surface area contributed by atoms with Gasteiger partial charge in [-0.1, -0.05) is 43.9 Å². The van der Waals surface area contributed by atoms with Crippen LogP contribution in [0.1, 0.15) is 48.0 Å². The molecule has 1 fully saturated rings. The number of amides is 2. The molecule has 1 saturated carbocycles. The number of pyridine rings is 1. The molecule has 2 amide bonds. The molecule has 210 valence electrons. The van der Waals surface area contributed by atoms with Gasteiger partial charge >= 0.3 is 6.18 Å². The van der Waals surface area contributed by atoms with E-state index < -0.39 is 29.6 Å². The van der Waals surface area contributed by atoms with Crippen molar-refractivity contribution >= 4 is 28.9 Å². The van der Waals surface area contributed by atoms with Gasteiger partial charge in [0.15, 0.2) is 0 Å². The Balaban J connectivity index is 1.37. The van der Waals surface area contributed by atoms with Crippen LogP contribution in [-0.4, -0.2) is 41.1 Å². The second-order valence-corrected chi connectivity index (χ2v) is 10.0. The fourth-order valence-corrected chi connectivity index (χ4v) is 5.19. The van der Waals surface area contributed by atoms with Gasteiger partial charge in [-0.3, -0.25) is 9.59 Å². The smallest absolute Gasteiger partial charge is 0.417 e. The minimum Gasteiger partial charge on any atom is -0.506 e. The Hall–Kier alpha value is -4.28. The molecule has 1 aliphatic heterocycles. The maximum atomic E-state index is 13.4. The topological polar surface area (TPSA) is 104 Å². The summed E-state index contributed by atoms with van der Waals surface area (Å²) in [5.41, 5.74) is 0.236. The Morgan fingerprint density at radius 2 is 1.88 bits per heavy atom. The molecule has 0 spiro atoms. The second-order valence-electron chi connectivity index (χ2n) is 10.0. The molecule has 3 N–H and O–H groups in total. The normalized spacial score (nSPS) is 16.1. The number of fused-ring (bicyclic) bond motifs is 1. The molecule has 8 nitrogen and oxygen atoms in total. The third-order valence-corrected chi connectivity index (χ3v) is 7.25. The van der Waals surface area contributed by atoms with Gasteiger partial charge in [0.1, 0.15) is 24.1 Å². The molecule has 0 radical (unpaired) electrons. The van der Waals surface area contributed by atoms with Crippen molar-refractivity contribution < 1.29 is 32.6 Å². The maximum absolute atomic E-state index is 13.4. The Kier molecular flexibility index (Phi) is 7.81. The largest absolute Gasteiger partial charge is 0.506 e. The van der Waals surface area contributed by atoms with E-state index in [9.17, 15) is 27.9 Å².